The molecule has 0 bridgehead atoms. The molecule has 9 rings (SSSR count). The van der Waals surface area contributed by atoms with Gasteiger partial charge in [0.15, 0.2) is 11.5 Å². The summed E-state index contributed by atoms with van der Waals surface area (Å²) in [7, 11) is 0. The highest BCUT2D eigenvalue weighted by Gasteiger charge is 2.26. The van der Waals surface area contributed by atoms with E-state index in [0.29, 0.717) is 69.5 Å². The van der Waals surface area contributed by atoms with Crippen LogP contribution in [0.3, 0.4) is 0 Å². The zero-order valence-electron chi connectivity index (χ0n) is 41.2. The number of carbonyl (C=O) groups is 1. The van der Waals surface area contributed by atoms with Crippen LogP contribution in [0.15, 0.2) is 183 Å². The molecule has 0 saturated carbocycles. The van der Waals surface area contributed by atoms with E-state index in [1.807, 2.05) is 87.5 Å². The largest absolute Gasteiger partial charge is 0.491 e. The first-order chi connectivity index (χ1) is 36.6. The molecule has 8 aromatic carbocycles. The molecule has 1 aromatic heterocycles. The van der Waals surface area contributed by atoms with Crippen molar-refractivity contribution in [2.45, 2.75) is 34.3 Å². The van der Waals surface area contributed by atoms with Gasteiger partial charge in [0.05, 0.1) is 51.4 Å². The van der Waals surface area contributed by atoms with E-state index >= 15 is 0 Å². The summed E-state index contributed by atoms with van der Waals surface area (Å²) in [6, 6.07) is 45.5. The molecule has 0 atom stereocenters. The molecule has 0 unspecified atom stereocenters. The lowest BCUT2D eigenvalue weighted by Crippen LogP contribution is -2.31. The molecule has 75 heavy (non-hydrogen) atoms. The second-order valence-electron chi connectivity index (χ2n) is 16.6. The second kappa shape index (κ2) is 22.8. The Labute approximate surface area is 429 Å². The van der Waals surface area contributed by atoms with Crippen molar-refractivity contribution in [3.05, 3.63) is 189 Å². The summed E-state index contributed by atoms with van der Waals surface area (Å²) in [5, 5.41) is 54.9. The summed E-state index contributed by atoms with van der Waals surface area (Å²) in [5.41, 5.74) is 4.95. The van der Waals surface area contributed by atoms with Crippen molar-refractivity contribution in [3.8, 4) is 34.4 Å². The number of hydrogen-bond donors (Lipinski definition) is 0. The fraction of sp³-hybridized carbons (Fsp3) is 0.161. The molecule has 0 radical (unpaired) electrons. The minimum Gasteiger partial charge on any atom is -0.491 e. The van der Waals surface area contributed by atoms with Crippen LogP contribution in [0, 0.1) is 20.2 Å². The van der Waals surface area contributed by atoms with Gasteiger partial charge in [0.25, 0.3) is 17.3 Å². The lowest BCUT2D eigenvalue weighted by atomic mass is 10.0. The van der Waals surface area contributed by atoms with Gasteiger partial charge in [-0.25, -0.2) is 0 Å². The van der Waals surface area contributed by atoms with Crippen LogP contribution >= 0.6 is 0 Å². The van der Waals surface area contributed by atoms with Gasteiger partial charge in [0.2, 0.25) is 11.8 Å². The Kier molecular flexibility index (Phi) is 15.2. The highest BCUT2D eigenvalue weighted by molar-refractivity contribution is 6.13. The van der Waals surface area contributed by atoms with Gasteiger partial charge in [0.1, 0.15) is 18.0 Å². The average Bonchev–Trinajstić information content (AvgIpc) is 3.94. The SMILES string of the molecule is CCOc1c(CON(CC)c2cccc([N+](=O)[O-])c2)cc2ccccc2c1N=Nc1ccc(-c2nnc(-c3ccc(N=Nc4c(OCC)c(C(=O)N(CC)c5cccc([N+](=O)[O-])c5)cc5ccccc45)cc3)o2)cc1. The summed E-state index contributed by atoms with van der Waals surface area (Å²) >= 11 is 0. The molecule has 0 spiro atoms. The Hall–Kier alpha value is -9.75. The van der Waals surface area contributed by atoms with Crippen LogP contribution in [0.2, 0.25) is 0 Å². The number of carbonyl (C=O) groups excluding carboxylic acids is 1. The van der Waals surface area contributed by atoms with E-state index in [1.165, 1.54) is 29.2 Å². The van der Waals surface area contributed by atoms with Crippen molar-refractivity contribution in [1.29, 1.82) is 0 Å². The maximum Gasteiger partial charge on any atom is 0.271 e. The van der Waals surface area contributed by atoms with Crippen LogP contribution in [0.5, 0.6) is 11.5 Å². The van der Waals surface area contributed by atoms with Gasteiger partial charge in [-0.3, -0.25) is 34.9 Å². The van der Waals surface area contributed by atoms with E-state index in [2.05, 4.69) is 25.5 Å². The number of nitro groups is 2. The third kappa shape index (κ3) is 11.0. The van der Waals surface area contributed by atoms with Crippen LogP contribution in [0.1, 0.15) is 43.6 Å². The third-order valence-electron chi connectivity index (χ3n) is 11.9. The number of hydroxylamine groups is 1. The molecule has 0 aliphatic rings. The summed E-state index contributed by atoms with van der Waals surface area (Å²) in [6.45, 7) is 8.73. The minimum atomic E-state index is -0.498. The molecule has 376 valence electrons. The number of anilines is 2. The van der Waals surface area contributed by atoms with Crippen LogP contribution in [0.4, 0.5) is 45.5 Å². The molecule has 0 aliphatic heterocycles. The molecule has 19 nitrogen and oxygen atoms in total. The standard InChI is InChI=1S/C56H48N10O9/c1-5-63(43-17-13-19-45(33-43)65(68)69)56(67)49-32-39-16-10-12-22-48(39)51(53(49)73-8-4)60-58-42-29-25-37(26-30-42)55-62-61-54(75-55)36-23-27-41(28-24-36)57-59-50-47-21-11-9-15-38(47)31-40(52(50)72-7-3)35-74-64(6-2)44-18-14-20-46(34-44)66(70)71/h9-34H,5-8,35H2,1-4H3. The summed E-state index contributed by atoms with van der Waals surface area (Å²) < 4.78 is 18.4. The predicted octanol–water partition coefficient (Wildman–Crippen LogP) is 14.8. The third-order valence-corrected chi connectivity index (χ3v) is 11.9. The van der Waals surface area contributed by atoms with E-state index in [4.69, 9.17) is 23.8 Å². The first kappa shape index (κ1) is 50.2. The van der Waals surface area contributed by atoms with E-state index in [1.54, 1.807) is 78.7 Å². The highest BCUT2D eigenvalue weighted by atomic mass is 16.7. The molecule has 19 heteroatoms. The highest BCUT2D eigenvalue weighted by Crippen LogP contribution is 2.43. The van der Waals surface area contributed by atoms with Crippen LogP contribution in [-0.4, -0.2) is 52.3 Å². The normalized spacial score (nSPS) is 11.4. The number of hydrogen-bond acceptors (Lipinski definition) is 16. The number of nitrogens with zero attached hydrogens (tertiary/aromatic N) is 10. The first-order valence-corrected chi connectivity index (χ1v) is 24.0. The molecule has 1 heterocycles. The van der Waals surface area contributed by atoms with Crippen molar-refractivity contribution in [2.24, 2.45) is 20.5 Å². The van der Waals surface area contributed by atoms with E-state index in [9.17, 15) is 25.0 Å². The van der Waals surface area contributed by atoms with Gasteiger partial charge in [0, 0.05) is 64.8 Å². The van der Waals surface area contributed by atoms with Crippen molar-refractivity contribution >= 4 is 73.0 Å². The average molecular weight is 1010 g/mol. The summed E-state index contributed by atoms with van der Waals surface area (Å²) in [5.74, 6) is 0.898. The number of ether oxygens (including phenoxy) is 2. The van der Waals surface area contributed by atoms with Crippen LogP contribution in [0.25, 0.3) is 44.5 Å². The number of amides is 1. The van der Waals surface area contributed by atoms with Gasteiger partial charge in [-0.15, -0.1) is 20.4 Å². The minimum absolute atomic E-state index is 0.0360. The summed E-state index contributed by atoms with van der Waals surface area (Å²) in [6.07, 6.45) is 0. The fourth-order valence-electron chi connectivity index (χ4n) is 8.37. The van der Waals surface area contributed by atoms with Crippen molar-refractivity contribution in [3.63, 3.8) is 0 Å². The Morgan fingerprint density at radius 2 is 1.08 bits per heavy atom. The van der Waals surface area contributed by atoms with E-state index in [-0.39, 0.29) is 54.2 Å². The van der Waals surface area contributed by atoms with Crippen molar-refractivity contribution in [2.75, 3.05) is 36.3 Å². The Morgan fingerprint density at radius 3 is 1.61 bits per heavy atom. The Morgan fingerprint density at radius 1 is 0.573 bits per heavy atom. The van der Waals surface area contributed by atoms with Gasteiger partial charge >= 0.3 is 0 Å². The number of aromatic nitrogens is 2. The lowest BCUT2D eigenvalue weighted by Gasteiger charge is -2.23. The number of rotatable bonds is 20. The zero-order chi connectivity index (χ0) is 52.4. The quantitative estimate of drug-likeness (QED) is 0.0395. The van der Waals surface area contributed by atoms with Crippen LogP contribution in [-0.2, 0) is 11.4 Å². The molecule has 0 fully saturated rings. The molecular weight excluding hydrogens is 957 g/mol. The Bertz CT molecular complexity index is 3620. The van der Waals surface area contributed by atoms with Crippen molar-refractivity contribution < 1.29 is 33.4 Å². The molecule has 0 saturated heterocycles. The fourth-order valence-corrected chi connectivity index (χ4v) is 8.37. The maximum absolute atomic E-state index is 14.3. The van der Waals surface area contributed by atoms with E-state index in [0.717, 1.165) is 21.7 Å². The number of benzene rings is 8. The zero-order valence-corrected chi connectivity index (χ0v) is 41.2. The monoisotopic (exact) mass is 1000 g/mol. The van der Waals surface area contributed by atoms with Gasteiger partial charge in [-0.05, 0) is 111 Å². The molecule has 9 aromatic rings. The van der Waals surface area contributed by atoms with E-state index < -0.39 is 15.8 Å². The molecule has 1 amide bonds. The van der Waals surface area contributed by atoms with Crippen LogP contribution < -0.4 is 19.4 Å². The first-order valence-electron chi connectivity index (χ1n) is 24.0. The van der Waals surface area contributed by atoms with Gasteiger partial charge in [-0.2, -0.15) is 10.2 Å². The van der Waals surface area contributed by atoms with Crippen molar-refractivity contribution in [1.82, 2.24) is 10.2 Å². The number of azo groups is 2. The van der Waals surface area contributed by atoms with Gasteiger partial charge in [-0.1, -0.05) is 60.7 Å². The van der Waals surface area contributed by atoms with Gasteiger partial charge < -0.3 is 18.8 Å². The number of non-ortho nitro benzene ring substituents is 2. The Balaban J connectivity index is 0.925. The predicted molar refractivity (Wildman–Crippen MR) is 285 cm³/mol. The molecular formula is C56H48N10O9. The molecule has 0 N–H and O–H groups in total. The number of fused-ring (bicyclic) bond motifs is 2. The topological polar surface area (TPSA) is 226 Å². The second-order valence-corrected chi connectivity index (χ2v) is 16.6. The summed E-state index contributed by atoms with van der Waals surface area (Å²) in [4.78, 5) is 44.1. The lowest BCUT2D eigenvalue weighted by molar-refractivity contribution is -0.385. The smallest absolute Gasteiger partial charge is 0.271 e. The maximum atomic E-state index is 14.3. The number of nitro benzene ring substituents is 2. The molecule has 0 aliphatic carbocycles.